The molecular weight excluding hydrogens is 280 g/mol. The van der Waals surface area contributed by atoms with Gasteiger partial charge in [0, 0.05) is 12.0 Å². The number of nitrogens with one attached hydrogen (secondary N) is 2. The molecule has 0 rings (SSSR count). The molecule has 0 bridgehead atoms. The van der Waals surface area contributed by atoms with Crippen LogP contribution in [0.25, 0.3) is 0 Å². The Labute approximate surface area is 124 Å². The molecule has 116 valence electrons. The van der Waals surface area contributed by atoms with Gasteiger partial charge in [-0.2, -0.15) is 0 Å². The number of aliphatic carboxylic acids is 2. The molecule has 0 aliphatic rings. The summed E-state index contributed by atoms with van der Waals surface area (Å²) in [4.78, 5) is 21.5. The van der Waals surface area contributed by atoms with Crippen molar-refractivity contribution >= 4 is 29.3 Å². The average Bonchev–Trinajstić information content (AvgIpc) is 2.23. The largest absolute Gasteiger partial charge is 0.481 e. The first-order chi connectivity index (χ1) is 9.11. The molecule has 0 heterocycles. The Hall–Kier alpha value is -1.37. The molecule has 0 spiro atoms. The van der Waals surface area contributed by atoms with Gasteiger partial charge in [-0.15, -0.1) is 0 Å². The van der Waals surface area contributed by atoms with Gasteiger partial charge in [0.25, 0.3) is 0 Å². The van der Waals surface area contributed by atoms with Crippen LogP contribution >= 0.6 is 12.2 Å². The van der Waals surface area contributed by atoms with Crippen molar-refractivity contribution in [3.63, 3.8) is 0 Å². The van der Waals surface area contributed by atoms with Crippen LogP contribution in [0.1, 0.15) is 52.9 Å². The zero-order chi connectivity index (χ0) is 15.8. The number of rotatable bonds is 8. The standard InChI is InChI=1S/C13H24N2O4S/c1-13(2,3)15-12(20)14-9(11(18)19)7-5-4-6-8-10(16)17/h9H,4-8H2,1-3H3,(H,16,17)(H,18,19)(H2,14,15,20). The van der Waals surface area contributed by atoms with Crippen LogP contribution < -0.4 is 10.6 Å². The van der Waals surface area contributed by atoms with Crippen molar-refractivity contribution < 1.29 is 19.8 Å². The van der Waals surface area contributed by atoms with Crippen molar-refractivity contribution in [2.75, 3.05) is 0 Å². The number of unbranched alkanes of at least 4 members (excludes halogenated alkanes) is 2. The van der Waals surface area contributed by atoms with E-state index in [0.717, 1.165) is 0 Å². The van der Waals surface area contributed by atoms with Crippen molar-refractivity contribution in [3.8, 4) is 0 Å². The Morgan fingerprint density at radius 1 is 1.15 bits per heavy atom. The summed E-state index contributed by atoms with van der Waals surface area (Å²) >= 11 is 5.07. The van der Waals surface area contributed by atoms with Gasteiger partial charge in [0.05, 0.1) is 0 Å². The minimum Gasteiger partial charge on any atom is -0.481 e. The molecule has 0 aromatic carbocycles. The van der Waals surface area contributed by atoms with Crippen LogP contribution in [0.2, 0.25) is 0 Å². The van der Waals surface area contributed by atoms with Crippen LogP contribution in [0, 0.1) is 0 Å². The molecule has 0 aromatic rings. The van der Waals surface area contributed by atoms with Crippen molar-refractivity contribution in [2.24, 2.45) is 0 Å². The first kappa shape index (κ1) is 18.6. The summed E-state index contributed by atoms with van der Waals surface area (Å²) < 4.78 is 0. The van der Waals surface area contributed by atoms with Crippen molar-refractivity contribution in [3.05, 3.63) is 0 Å². The van der Waals surface area contributed by atoms with Crippen molar-refractivity contribution in [2.45, 2.75) is 64.5 Å². The summed E-state index contributed by atoms with van der Waals surface area (Å²) in [6, 6.07) is -0.748. The first-order valence-electron chi connectivity index (χ1n) is 6.65. The SMILES string of the molecule is CC(C)(C)NC(=S)NC(CCCCCC(=O)O)C(=O)O. The maximum Gasteiger partial charge on any atom is 0.326 e. The molecule has 0 fully saturated rings. The third-order valence-electron chi connectivity index (χ3n) is 2.48. The van der Waals surface area contributed by atoms with Gasteiger partial charge in [-0.05, 0) is 45.8 Å². The second kappa shape index (κ2) is 8.73. The zero-order valence-corrected chi connectivity index (χ0v) is 13.0. The smallest absolute Gasteiger partial charge is 0.326 e. The molecular formula is C13H24N2O4S. The number of hydrogen-bond acceptors (Lipinski definition) is 3. The lowest BCUT2D eigenvalue weighted by Crippen LogP contribution is -2.51. The highest BCUT2D eigenvalue weighted by Gasteiger charge is 2.19. The van der Waals surface area contributed by atoms with Gasteiger partial charge < -0.3 is 20.8 Å². The fourth-order valence-corrected chi connectivity index (χ4v) is 2.04. The minimum absolute atomic E-state index is 0.120. The van der Waals surface area contributed by atoms with Gasteiger partial charge in [0.1, 0.15) is 6.04 Å². The highest BCUT2D eigenvalue weighted by atomic mass is 32.1. The molecule has 0 aliphatic carbocycles. The van der Waals surface area contributed by atoms with E-state index < -0.39 is 18.0 Å². The van der Waals surface area contributed by atoms with Gasteiger partial charge in [0.2, 0.25) is 0 Å². The monoisotopic (exact) mass is 304 g/mol. The average molecular weight is 304 g/mol. The summed E-state index contributed by atoms with van der Waals surface area (Å²) in [6.07, 6.45) is 2.44. The van der Waals surface area contributed by atoms with E-state index in [1.807, 2.05) is 20.8 Å². The number of carboxylic acids is 2. The Morgan fingerprint density at radius 3 is 2.20 bits per heavy atom. The number of hydrogen-bond donors (Lipinski definition) is 4. The Bertz CT molecular complexity index is 353. The molecule has 4 N–H and O–H groups in total. The topological polar surface area (TPSA) is 98.7 Å². The second-order valence-corrected chi connectivity index (χ2v) is 6.14. The molecule has 20 heavy (non-hydrogen) atoms. The van der Waals surface area contributed by atoms with Gasteiger partial charge in [0.15, 0.2) is 5.11 Å². The normalized spacial score (nSPS) is 12.6. The molecule has 0 amide bonds. The number of thiocarbonyl (C=S) groups is 1. The number of carbonyl (C=O) groups is 2. The Balaban J connectivity index is 4.08. The molecule has 1 unspecified atom stereocenters. The number of carboxylic acid groups (broad SMARTS) is 2. The van der Waals surface area contributed by atoms with E-state index in [0.29, 0.717) is 30.8 Å². The van der Waals surface area contributed by atoms with E-state index in [1.54, 1.807) is 0 Å². The molecule has 0 aliphatic heterocycles. The summed E-state index contributed by atoms with van der Waals surface area (Å²) in [6.45, 7) is 5.80. The lowest BCUT2D eigenvalue weighted by molar-refractivity contribution is -0.139. The quantitative estimate of drug-likeness (QED) is 0.400. The maximum absolute atomic E-state index is 11.1. The molecule has 0 saturated heterocycles. The second-order valence-electron chi connectivity index (χ2n) is 5.73. The van der Waals surface area contributed by atoms with E-state index in [2.05, 4.69) is 10.6 Å². The molecule has 0 saturated carbocycles. The van der Waals surface area contributed by atoms with Crippen LogP contribution in [0.4, 0.5) is 0 Å². The maximum atomic E-state index is 11.1. The van der Waals surface area contributed by atoms with Gasteiger partial charge in [-0.3, -0.25) is 4.79 Å². The van der Waals surface area contributed by atoms with Crippen LogP contribution in [0.3, 0.4) is 0 Å². The van der Waals surface area contributed by atoms with Crippen LogP contribution in [0.5, 0.6) is 0 Å². The van der Waals surface area contributed by atoms with Crippen LogP contribution in [-0.4, -0.2) is 38.8 Å². The fraction of sp³-hybridized carbons (Fsp3) is 0.769. The van der Waals surface area contributed by atoms with E-state index in [9.17, 15) is 9.59 Å². The molecule has 0 aromatic heterocycles. The third kappa shape index (κ3) is 10.5. The predicted octanol–water partition coefficient (Wildman–Crippen LogP) is 1.74. The summed E-state index contributed by atoms with van der Waals surface area (Å²) in [7, 11) is 0. The summed E-state index contributed by atoms with van der Waals surface area (Å²) in [5, 5.41) is 23.7. The van der Waals surface area contributed by atoms with Crippen molar-refractivity contribution in [1.29, 1.82) is 0 Å². The predicted molar refractivity (Wildman–Crippen MR) is 80.8 cm³/mol. The third-order valence-corrected chi connectivity index (χ3v) is 2.70. The van der Waals surface area contributed by atoms with Crippen LogP contribution in [0.15, 0.2) is 0 Å². The molecule has 1 atom stereocenters. The highest BCUT2D eigenvalue weighted by Crippen LogP contribution is 2.07. The zero-order valence-electron chi connectivity index (χ0n) is 12.2. The summed E-state index contributed by atoms with van der Waals surface area (Å²) in [5.74, 6) is -1.78. The van der Waals surface area contributed by atoms with Gasteiger partial charge in [-0.1, -0.05) is 12.8 Å². The molecule has 0 radical (unpaired) electrons. The Morgan fingerprint density at radius 2 is 1.75 bits per heavy atom. The van der Waals surface area contributed by atoms with E-state index >= 15 is 0 Å². The van der Waals surface area contributed by atoms with E-state index in [4.69, 9.17) is 22.4 Å². The molecule has 6 nitrogen and oxygen atoms in total. The fourth-order valence-electron chi connectivity index (χ4n) is 1.59. The molecule has 7 heteroatoms. The highest BCUT2D eigenvalue weighted by molar-refractivity contribution is 7.80. The first-order valence-corrected chi connectivity index (χ1v) is 7.06. The van der Waals surface area contributed by atoms with Crippen molar-refractivity contribution in [1.82, 2.24) is 10.6 Å². The lowest BCUT2D eigenvalue weighted by atomic mass is 10.1. The summed E-state index contributed by atoms with van der Waals surface area (Å²) in [5.41, 5.74) is -0.228. The van der Waals surface area contributed by atoms with Gasteiger partial charge >= 0.3 is 11.9 Å². The lowest BCUT2D eigenvalue weighted by Gasteiger charge is -2.25. The van der Waals surface area contributed by atoms with Gasteiger partial charge in [-0.25, -0.2) is 4.79 Å². The van der Waals surface area contributed by atoms with E-state index in [1.165, 1.54) is 0 Å². The Kier molecular flexibility index (Phi) is 8.13. The van der Waals surface area contributed by atoms with Crippen LogP contribution in [-0.2, 0) is 9.59 Å². The minimum atomic E-state index is -0.957. The van der Waals surface area contributed by atoms with E-state index in [-0.39, 0.29) is 12.0 Å².